The fourth-order valence-electron chi connectivity index (χ4n) is 1.62. The summed E-state index contributed by atoms with van der Waals surface area (Å²) in [5.41, 5.74) is 5.10. The Labute approximate surface area is 90.0 Å². The summed E-state index contributed by atoms with van der Waals surface area (Å²) in [4.78, 5) is 11.6. The number of ether oxygens (including phenoxy) is 1. The summed E-state index contributed by atoms with van der Waals surface area (Å²) in [5.74, 6) is -0.187. The molecular formula is C10H20N2O3. The van der Waals surface area contributed by atoms with Gasteiger partial charge in [0.25, 0.3) is 0 Å². The van der Waals surface area contributed by atoms with Gasteiger partial charge in [0.15, 0.2) is 0 Å². The number of aliphatic hydroxyl groups excluding tert-OH is 1. The summed E-state index contributed by atoms with van der Waals surface area (Å²) in [6, 6.07) is -0.490. The fourth-order valence-corrected chi connectivity index (χ4v) is 1.62. The monoisotopic (exact) mass is 216 g/mol. The third-order valence-corrected chi connectivity index (χ3v) is 2.92. The zero-order chi connectivity index (χ0) is 11.3. The lowest BCUT2D eigenvalue weighted by atomic mass is 9.90. The Morgan fingerprint density at radius 1 is 1.60 bits per heavy atom. The third-order valence-electron chi connectivity index (χ3n) is 2.92. The van der Waals surface area contributed by atoms with E-state index in [4.69, 9.17) is 10.5 Å². The number of carbonyl (C=O) groups is 1. The van der Waals surface area contributed by atoms with Gasteiger partial charge in [0.05, 0.1) is 18.2 Å². The third kappa shape index (κ3) is 3.15. The Morgan fingerprint density at radius 2 is 2.20 bits per heavy atom. The highest BCUT2D eigenvalue weighted by atomic mass is 16.5. The standard InChI is InChI=1S/C10H20N2O3/c1-2-8(11)9(14)12-10(7-13)3-5-15-6-4-10/h8,13H,2-7,11H2,1H3,(H,12,14)/t8-/m1/s1. The Bertz CT molecular complexity index is 215. The van der Waals surface area contributed by atoms with Crippen molar-refractivity contribution in [2.45, 2.75) is 37.8 Å². The van der Waals surface area contributed by atoms with Crippen molar-refractivity contribution in [1.82, 2.24) is 5.32 Å². The topological polar surface area (TPSA) is 84.6 Å². The number of amides is 1. The first-order chi connectivity index (χ1) is 7.13. The van der Waals surface area contributed by atoms with E-state index in [9.17, 15) is 9.90 Å². The van der Waals surface area contributed by atoms with Crippen LogP contribution >= 0.6 is 0 Å². The number of hydrogen-bond acceptors (Lipinski definition) is 4. The van der Waals surface area contributed by atoms with E-state index in [2.05, 4.69) is 5.32 Å². The van der Waals surface area contributed by atoms with E-state index in [0.717, 1.165) is 0 Å². The molecule has 0 aliphatic carbocycles. The molecule has 4 N–H and O–H groups in total. The van der Waals surface area contributed by atoms with Gasteiger partial charge in [0, 0.05) is 13.2 Å². The first kappa shape index (κ1) is 12.4. The van der Waals surface area contributed by atoms with Crippen molar-refractivity contribution in [3.63, 3.8) is 0 Å². The minimum atomic E-state index is -0.526. The minimum absolute atomic E-state index is 0.0570. The molecule has 5 heteroatoms. The van der Waals surface area contributed by atoms with E-state index in [0.29, 0.717) is 32.5 Å². The summed E-state index contributed by atoms with van der Waals surface area (Å²) in [5, 5.41) is 12.2. The highest BCUT2D eigenvalue weighted by Crippen LogP contribution is 2.20. The van der Waals surface area contributed by atoms with Crippen LogP contribution in [-0.2, 0) is 9.53 Å². The van der Waals surface area contributed by atoms with Crippen LogP contribution in [0.2, 0.25) is 0 Å². The second-order valence-electron chi connectivity index (χ2n) is 4.05. The van der Waals surface area contributed by atoms with Crippen LogP contribution < -0.4 is 11.1 Å². The summed E-state index contributed by atoms with van der Waals surface area (Å²) >= 11 is 0. The SMILES string of the molecule is CC[C@@H](N)C(=O)NC1(CO)CCOCC1. The molecule has 1 atom stereocenters. The Morgan fingerprint density at radius 3 is 2.67 bits per heavy atom. The summed E-state index contributed by atoms with van der Waals surface area (Å²) in [6.45, 7) is 2.95. The van der Waals surface area contributed by atoms with E-state index in [1.807, 2.05) is 6.92 Å². The number of rotatable bonds is 4. The zero-order valence-electron chi connectivity index (χ0n) is 9.16. The molecule has 88 valence electrons. The number of aliphatic hydroxyl groups is 1. The minimum Gasteiger partial charge on any atom is -0.394 e. The molecule has 0 aromatic heterocycles. The van der Waals surface area contributed by atoms with Crippen molar-refractivity contribution >= 4 is 5.91 Å². The van der Waals surface area contributed by atoms with Gasteiger partial charge >= 0.3 is 0 Å². The van der Waals surface area contributed by atoms with E-state index in [1.165, 1.54) is 0 Å². The number of nitrogens with one attached hydrogen (secondary N) is 1. The van der Waals surface area contributed by atoms with Gasteiger partial charge in [-0.05, 0) is 19.3 Å². The number of carbonyl (C=O) groups excluding carboxylic acids is 1. The van der Waals surface area contributed by atoms with Gasteiger partial charge in [0.2, 0.25) is 5.91 Å². The van der Waals surface area contributed by atoms with Crippen LogP contribution in [0, 0.1) is 0 Å². The average Bonchev–Trinajstić information content (AvgIpc) is 2.29. The molecule has 0 saturated carbocycles. The normalized spacial score (nSPS) is 22.1. The molecule has 0 radical (unpaired) electrons. The molecule has 15 heavy (non-hydrogen) atoms. The Hall–Kier alpha value is -0.650. The van der Waals surface area contributed by atoms with Crippen LogP contribution in [0.15, 0.2) is 0 Å². The quantitative estimate of drug-likeness (QED) is 0.585. The molecule has 0 aromatic carbocycles. The molecule has 1 saturated heterocycles. The van der Waals surface area contributed by atoms with Gasteiger partial charge in [-0.15, -0.1) is 0 Å². The Balaban J connectivity index is 2.55. The molecule has 1 rings (SSSR count). The van der Waals surface area contributed by atoms with Gasteiger partial charge in [-0.3, -0.25) is 4.79 Å². The summed E-state index contributed by atoms with van der Waals surface area (Å²) in [7, 11) is 0. The van der Waals surface area contributed by atoms with Crippen LogP contribution in [-0.4, -0.2) is 42.4 Å². The average molecular weight is 216 g/mol. The van der Waals surface area contributed by atoms with Gasteiger partial charge < -0.3 is 20.9 Å². The highest BCUT2D eigenvalue weighted by Gasteiger charge is 2.34. The smallest absolute Gasteiger partial charge is 0.237 e. The summed E-state index contributed by atoms with van der Waals surface area (Å²) in [6.07, 6.45) is 1.89. The molecule has 1 fully saturated rings. The lowest BCUT2D eigenvalue weighted by Crippen LogP contribution is -2.58. The van der Waals surface area contributed by atoms with Crippen LogP contribution in [0.4, 0.5) is 0 Å². The predicted molar refractivity (Wildman–Crippen MR) is 56.3 cm³/mol. The molecule has 0 spiro atoms. The molecule has 0 unspecified atom stereocenters. The highest BCUT2D eigenvalue weighted by molar-refractivity contribution is 5.82. The maximum absolute atomic E-state index is 11.6. The van der Waals surface area contributed by atoms with Crippen molar-refractivity contribution in [2.75, 3.05) is 19.8 Å². The number of nitrogens with two attached hydrogens (primary N) is 1. The number of hydrogen-bond donors (Lipinski definition) is 3. The molecular weight excluding hydrogens is 196 g/mol. The van der Waals surface area contributed by atoms with Crippen LogP contribution in [0.1, 0.15) is 26.2 Å². The molecule has 1 amide bonds. The second kappa shape index (κ2) is 5.44. The van der Waals surface area contributed by atoms with E-state index >= 15 is 0 Å². The maximum Gasteiger partial charge on any atom is 0.237 e. The van der Waals surface area contributed by atoms with Crippen LogP contribution in [0.5, 0.6) is 0 Å². The molecule has 1 aliphatic heterocycles. The van der Waals surface area contributed by atoms with E-state index in [1.54, 1.807) is 0 Å². The van der Waals surface area contributed by atoms with Crippen molar-refractivity contribution in [1.29, 1.82) is 0 Å². The first-order valence-electron chi connectivity index (χ1n) is 5.40. The summed E-state index contributed by atoms with van der Waals surface area (Å²) < 4.78 is 5.20. The molecule has 0 aromatic rings. The maximum atomic E-state index is 11.6. The Kier molecular flexibility index (Phi) is 4.50. The van der Waals surface area contributed by atoms with Crippen molar-refractivity contribution in [3.8, 4) is 0 Å². The van der Waals surface area contributed by atoms with Crippen LogP contribution in [0.25, 0.3) is 0 Å². The molecule has 1 heterocycles. The van der Waals surface area contributed by atoms with Crippen molar-refractivity contribution < 1.29 is 14.6 Å². The van der Waals surface area contributed by atoms with Crippen molar-refractivity contribution in [3.05, 3.63) is 0 Å². The predicted octanol–water partition coefficient (Wildman–Crippen LogP) is -0.619. The second-order valence-corrected chi connectivity index (χ2v) is 4.05. The van der Waals surface area contributed by atoms with Gasteiger partial charge in [-0.25, -0.2) is 0 Å². The fraction of sp³-hybridized carbons (Fsp3) is 0.900. The van der Waals surface area contributed by atoms with Crippen molar-refractivity contribution in [2.24, 2.45) is 5.73 Å². The zero-order valence-corrected chi connectivity index (χ0v) is 9.16. The molecule has 1 aliphatic rings. The van der Waals surface area contributed by atoms with Crippen LogP contribution in [0.3, 0.4) is 0 Å². The van der Waals surface area contributed by atoms with E-state index in [-0.39, 0.29) is 12.5 Å². The van der Waals surface area contributed by atoms with E-state index < -0.39 is 11.6 Å². The first-order valence-corrected chi connectivity index (χ1v) is 5.40. The van der Waals surface area contributed by atoms with Gasteiger partial charge in [-0.1, -0.05) is 6.92 Å². The van der Waals surface area contributed by atoms with Gasteiger partial charge in [-0.2, -0.15) is 0 Å². The van der Waals surface area contributed by atoms with Gasteiger partial charge in [0.1, 0.15) is 0 Å². The lowest BCUT2D eigenvalue weighted by Gasteiger charge is -2.37. The molecule has 5 nitrogen and oxygen atoms in total. The largest absolute Gasteiger partial charge is 0.394 e. The lowest BCUT2D eigenvalue weighted by molar-refractivity contribution is -0.126. The molecule has 0 bridgehead atoms.